The molecule has 1 fully saturated rings. The lowest BCUT2D eigenvalue weighted by atomic mass is 9.94. The van der Waals surface area contributed by atoms with E-state index in [1.54, 1.807) is 30.3 Å². The van der Waals surface area contributed by atoms with Crippen LogP contribution in [0.1, 0.15) is 49.4 Å². The second kappa shape index (κ2) is 12.2. The fraction of sp³-hybridized carbons (Fsp3) is 0.312. The smallest absolute Gasteiger partial charge is 0.295 e. The molecule has 8 nitrogen and oxygen atoms in total. The van der Waals surface area contributed by atoms with Crippen LogP contribution in [0.5, 0.6) is 23.0 Å². The fourth-order valence-corrected chi connectivity index (χ4v) is 4.92. The first kappa shape index (κ1) is 27.1. The Hall–Kier alpha value is -4.46. The molecule has 2 aliphatic heterocycles. The standard InChI is InChI=1S/C32H33NO7/c1-3-5-15-38-24-13-11-22(18-26(24)37-4-2)29-28(30(34)23-12-14-25-27(19-23)40-17-16-39-25)31(35)32(36)33(29)20-21-9-7-6-8-10-21/h6-14,18-19,29,34H,3-5,15-17,20H2,1-2H3/b30-28+. The lowest BCUT2D eigenvalue weighted by Gasteiger charge is -2.26. The molecule has 40 heavy (non-hydrogen) atoms. The minimum Gasteiger partial charge on any atom is -0.507 e. The van der Waals surface area contributed by atoms with E-state index in [1.165, 1.54) is 4.90 Å². The summed E-state index contributed by atoms with van der Waals surface area (Å²) in [5, 5.41) is 11.5. The Balaban J connectivity index is 1.61. The Morgan fingerprint density at radius 1 is 0.925 bits per heavy atom. The van der Waals surface area contributed by atoms with Crippen molar-refractivity contribution in [3.8, 4) is 23.0 Å². The molecule has 3 aromatic rings. The van der Waals surface area contributed by atoms with Gasteiger partial charge in [0.2, 0.25) is 0 Å². The molecule has 0 saturated carbocycles. The Bertz CT molecular complexity index is 1420. The van der Waals surface area contributed by atoms with E-state index >= 15 is 0 Å². The van der Waals surface area contributed by atoms with Gasteiger partial charge in [0.15, 0.2) is 23.0 Å². The van der Waals surface area contributed by atoms with Gasteiger partial charge in [0.25, 0.3) is 11.7 Å². The molecule has 1 N–H and O–H groups in total. The average Bonchev–Trinajstić information content (AvgIpc) is 3.23. The van der Waals surface area contributed by atoms with Crippen molar-refractivity contribution in [1.29, 1.82) is 0 Å². The number of benzene rings is 3. The molecule has 2 heterocycles. The molecule has 208 valence electrons. The Morgan fingerprint density at radius 2 is 1.70 bits per heavy atom. The SMILES string of the molecule is CCCCOc1ccc(C2/C(=C(\O)c3ccc4c(c3)OCCO4)C(=O)C(=O)N2Cc2ccccc2)cc1OCC. The summed E-state index contributed by atoms with van der Waals surface area (Å²) < 4.78 is 23.1. The van der Waals surface area contributed by atoms with Gasteiger partial charge in [-0.15, -0.1) is 0 Å². The van der Waals surface area contributed by atoms with E-state index in [0.717, 1.165) is 18.4 Å². The highest BCUT2D eigenvalue weighted by Gasteiger charge is 2.46. The molecular formula is C32H33NO7. The zero-order chi connectivity index (χ0) is 28.1. The third-order valence-electron chi connectivity index (χ3n) is 6.89. The highest BCUT2D eigenvalue weighted by Crippen LogP contribution is 2.43. The molecule has 1 atom stereocenters. The van der Waals surface area contributed by atoms with Crippen LogP contribution in [0.3, 0.4) is 0 Å². The Kier molecular flexibility index (Phi) is 8.24. The Labute approximate surface area is 233 Å². The van der Waals surface area contributed by atoms with Gasteiger partial charge in [0, 0.05) is 12.1 Å². The molecule has 0 aromatic heterocycles. The van der Waals surface area contributed by atoms with Crippen molar-refractivity contribution in [2.24, 2.45) is 0 Å². The number of aliphatic hydroxyl groups is 1. The molecule has 0 bridgehead atoms. The number of amides is 1. The van der Waals surface area contributed by atoms with Crippen molar-refractivity contribution in [3.63, 3.8) is 0 Å². The van der Waals surface area contributed by atoms with Gasteiger partial charge < -0.3 is 29.0 Å². The number of carbonyl (C=O) groups excluding carboxylic acids is 2. The number of ether oxygens (including phenoxy) is 4. The molecule has 8 heteroatoms. The monoisotopic (exact) mass is 543 g/mol. The quantitative estimate of drug-likeness (QED) is 0.153. The van der Waals surface area contributed by atoms with Crippen molar-refractivity contribution >= 4 is 17.4 Å². The third-order valence-corrected chi connectivity index (χ3v) is 6.89. The van der Waals surface area contributed by atoms with Crippen molar-refractivity contribution in [3.05, 3.63) is 89.0 Å². The fourth-order valence-electron chi connectivity index (χ4n) is 4.92. The number of carbonyl (C=O) groups is 2. The predicted octanol–water partition coefficient (Wildman–Crippen LogP) is 5.66. The van der Waals surface area contributed by atoms with Crippen LogP contribution in [0, 0.1) is 0 Å². The number of nitrogens with zero attached hydrogens (tertiary/aromatic N) is 1. The molecule has 3 aromatic carbocycles. The predicted molar refractivity (Wildman–Crippen MR) is 150 cm³/mol. The normalized spacial score (nSPS) is 17.6. The maximum atomic E-state index is 13.5. The summed E-state index contributed by atoms with van der Waals surface area (Å²) in [6.07, 6.45) is 1.90. The van der Waals surface area contributed by atoms with Crippen molar-refractivity contribution < 1.29 is 33.6 Å². The van der Waals surface area contributed by atoms with Gasteiger partial charge in [-0.05, 0) is 54.8 Å². The van der Waals surface area contributed by atoms with Gasteiger partial charge in [-0.3, -0.25) is 9.59 Å². The number of unbranched alkanes of at least 4 members (excludes halogenated alkanes) is 1. The van der Waals surface area contributed by atoms with Crippen LogP contribution in [-0.2, 0) is 16.1 Å². The van der Waals surface area contributed by atoms with E-state index in [-0.39, 0.29) is 17.9 Å². The molecule has 0 spiro atoms. The zero-order valence-corrected chi connectivity index (χ0v) is 22.7. The summed E-state index contributed by atoms with van der Waals surface area (Å²) in [7, 11) is 0. The van der Waals surface area contributed by atoms with Gasteiger partial charge in [-0.25, -0.2) is 0 Å². The second-order valence-electron chi connectivity index (χ2n) is 9.61. The first-order valence-electron chi connectivity index (χ1n) is 13.6. The summed E-state index contributed by atoms with van der Waals surface area (Å²) in [6.45, 7) is 5.93. The van der Waals surface area contributed by atoms with Gasteiger partial charge in [0.05, 0.1) is 24.8 Å². The van der Waals surface area contributed by atoms with Crippen LogP contribution >= 0.6 is 0 Å². The molecule has 1 amide bonds. The Morgan fingerprint density at radius 3 is 2.45 bits per heavy atom. The number of fused-ring (bicyclic) bond motifs is 1. The number of rotatable bonds is 10. The van der Waals surface area contributed by atoms with E-state index in [2.05, 4.69) is 6.92 Å². The molecule has 5 rings (SSSR count). The van der Waals surface area contributed by atoms with Crippen LogP contribution < -0.4 is 18.9 Å². The number of aliphatic hydroxyl groups excluding tert-OH is 1. The lowest BCUT2D eigenvalue weighted by molar-refractivity contribution is -0.140. The van der Waals surface area contributed by atoms with E-state index in [4.69, 9.17) is 18.9 Å². The number of likely N-dealkylation sites (tertiary alicyclic amines) is 1. The molecular weight excluding hydrogens is 510 g/mol. The van der Waals surface area contributed by atoms with Crippen molar-refractivity contribution in [2.75, 3.05) is 26.4 Å². The minimum atomic E-state index is -0.850. The number of ketones is 1. The highest BCUT2D eigenvalue weighted by molar-refractivity contribution is 6.46. The van der Waals surface area contributed by atoms with E-state index in [9.17, 15) is 14.7 Å². The average molecular weight is 544 g/mol. The summed E-state index contributed by atoms with van der Waals surface area (Å²) >= 11 is 0. The molecule has 0 radical (unpaired) electrons. The molecule has 1 unspecified atom stereocenters. The van der Waals surface area contributed by atoms with Gasteiger partial charge in [0.1, 0.15) is 19.0 Å². The van der Waals surface area contributed by atoms with E-state index in [1.807, 2.05) is 43.3 Å². The summed E-state index contributed by atoms with van der Waals surface area (Å²) in [4.78, 5) is 28.5. The first-order chi connectivity index (χ1) is 19.5. The van der Waals surface area contributed by atoms with E-state index in [0.29, 0.717) is 60.6 Å². The van der Waals surface area contributed by atoms with Crippen molar-refractivity contribution in [2.45, 2.75) is 39.3 Å². The topological polar surface area (TPSA) is 94.5 Å². The maximum Gasteiger partial charge on any atom is 0.295 e. The highest BCUT2D eigenvalue weighted by atomic mass is 16.6. The number of Topliss-reactive ketones (excluding diaryl/α,β-unsaturated/α-hetero) is 1. The van der Waals surface area contributed by atoms with Crippen LogP contribution in [0.25, 0.3) is 5.76 Å². The van der Waals surface area contributed by atoms with Gasteiger partial charge in [-0.1, -0.05) is 49.7 Å². The number of hydrogen-bond acceptors (Lipinski definition) is 7. The summed E-state index contributed by atoms with van der Waals surface area (Å²) in [5.74, 6) is 0.411. The summed E-state index contributed by atoms with van der Waals surface area (Å²) in [6, 6.07) is 19.0. The van der Waals surface area contributed by atoms with Crippen molar-refractivity contribution in [1.82, 2.24) is 4.90 Å². The zero-order valence-electron chi connectivity index (χ0n) is 22.7. The summed E-state index contributed by atoms with van der Waals surface area (Å²) in [5.41, 5.74) is 1.84. The maximum absolute atomic E-state index is 13.5. The van der Waals surface area contributed by atoms with E-state index < -0.39 is 17.7 Å². The largest absolute Gasteiger partial charge is 0.507 e. The third kappa shape index (κ3) is 5.47. The lowest BCUT2D eigenvalue weighted by Crippen LogP contribution is -2.29. The second-order valence-corrected chi connectivity index (χ2v) is 9.61. The first-order valence-corrected chi connectivity index (χ1v) is 13.6. The molecule has 1 saturated heterocycles. The van der Waals surface area contributed by atoms with Crippen LogP contribution in [0.15, 0.2) is 72.3 Å². The number of hydrogen-bond donors (Lipinski definition) is 1. The van der Waals surface area contributed by atoms with Gasteiger partial charge >= 0.3 is 0 Å². The van der Waals surface area contributed by atoms with Crippen LogP contribution in [0.4, 0.5) is 0 Å². The van der Waals surface area contributed by atoms with Crippen LogP contribution in [-0.4, -0.2) is 48.1 Å². The molecule has 2 aliphatic rings. The van der Waals surface area contributed by atoms with Crippen LogP contribution in [0.2, 0.25) is 0 Å². The minimum absolute atomic E-state index is 0.000270. The molecule has 0 aliphatic carbocycles. The van der Waals surface area contributed by atoms with Gasteiger partial charge in [-0.2, -0.15) is 0 Å².